The molecule has 1 aromatic heterocycles. The third-order valence-corrected chi connectivity index (χ3v) is 9.56. The molecule has 1 aliphatic carbocycles. The van der Waals surface area contributed by atoms with E-state index in [9.17, 15) is 9.59 Å². The van der Waals surface area contributed by atoms with Crippen LogP contribution in [0, 0.1) is 0 Å². The molecule has 1 saturated heterocycles. The molecule has 2 aromatic carbocycles. The van der Waals surface area contributed by atoms with Crippen molar-refractivity contribution in [2.75, 3.05) is 32.1 Å². The molecule has 1 saturated carbocycles. The minimum Gasteiger partial charge on any atom is -0.493 e. The molecular weight excluding hydrogens is 590 g/mol. The van der Waals surface area contributed by atoms with E-state index in [1.165, 1.54) is 23.7 Å². The van der Waals surface area contributed by atoms with Gasteiger partial charge in [-0.2, -0.15) is 4.98 Å². The highest BCUT2D eigenvalue weighted by Crippen LogP contribution is 2.40. The Kier molecular flexibility index (Phi) is 9.93. The van der Waals surface area contributed by atoms with Gasteiger partial charge in [-0.25, -0.2) is 9.48 Å². The zero-order chi connectivity index (χ0) is 31.2. The van der Waals surface area contributed by atoms with Gasteiger partial charge in [-0.3, -0.25) is 4.79 Å². The van der Waals surface area contributed by atoms with Gasteiger partial charge in [0.15, 0.2) is 18.1 Å². The number of rotatable bonds is 10. The van der Waals surface area contributed by atoms with E-state index in [2.05, 4.69) is 17.4 Å². The van der Waals surface area contributed by atoms with Crippen LogP contribution in [0.2, 0.25) is 0 Å². The molecule has 10 nitrogen and oxygen atoms in total. The number of thioether (sulfide) groups is 1. The van der Waals surface area contributed by atoms with Crippen LogP contribution in [0.1, 0.15) is 75.5 Å². The van der Waals surface area contributed by atoms with Crippen LogP contribution in [0.5, 0.6) is 11.5 Å². The number of aromatic nitrogens is 3. The number of carbonyl (C=O) groups is 2. The summed E-state index contributed by atoms with van der Waals surface area (Å²) < 4.78 is 19.5. The second-order valence-electron chi connectivity index (χ2n) is 11.8. The summed E-state index contributed by atoms with van der Waals surface area (Å²) in [6, 6.07) is 15.1. The Bertz CT molecular complexity index is 1530. The number of esters is 1. The number of ether oxygens (including phenoxy) is 3. The molecule has 6 rings (SSSR count). The van der Waals surface area contributed by atoms with Gasteiger partial charge >= 0.3 is 5.97 Å². The van der Waals surface area contributed by atoms with Crippen molar-refractivity contribution in [2.24, 2.45) is 0 Å². The number of allylic oxidation sites excluding steroid dienone is 1. The van der Waals surface area contributed by atoms with Crippen molar-refractivity contribution in [3.63, 3.8) is 0 Å². The molecule has 3 aliphatic rings. The molecule has 45 heavy (non-hydrogen) atoms. The van der Waals surface area contributed by atoms with Crippen molar-refractivity contribution in [1.82, 2.24) is 19.7 Å². The smallest absolute Gasteiger partial charge is 0.338 e. The number of carbonyl (C=O) groups excluding carboxylic acids is 2. The van der Waals surface area contributed by atoms with E-state index in [0.717, 1.165) is 63.6 Å². The lowest BCUT2D eigenvalue weighted by Gasteiger charge is -2.30. The predicted octanol–water partition coefficient (Wildman–Crippen LogP) is 6.14. The van der Waals surface area contributed by atoms with Crippen molar-refractivity contribution in [3.05, 3.63) is 70.9 Å². The van der Waals surface area contributed by atoms with Gasteiger partial charge in [0.1, 0.15) is 12.1 Å². The van der Waals surface area contributed by atoms with Crippen LogP contribution >= 0.6 is 11.8 Å². The first kappa shape index (κ1) is 31.0. The summed E-state index contributed by atoms with van der Waals surface area (Å²) >= 11 is 1.54. The van der Waals surface area contributed by atoms with Crippen molar-refractivity contribution < 1.29 is 23.8 Å². The number of nitrogens with zero attached hydrogens (tertiary/aromatic N) is 4. The molecule has 238 valence electrons. The van der Waals surface area contributed by atoms with Crippen LogP contribution in [-0.4, -0.2) is 64.5 Å². The number of nitrogens with one attached hydrogen (secondary N) is 1. The Labute approximate surface area is 268 Å². The minimum absolute atomic E-state index is 0.0294. The molecule has 3 aromatic rings. The van der Waals surface area contributed by atoms with Gasteiger partial charge in [0.25, 0.3) is 5.91 Å². The van der Waals surface area contributed by atoms with Gasteiger partial charge in [-0.1, -0.05) is 54.6 Å². The summed E-state index contributed by atoms with van der Waals surface area (Å²) in [7, 11) is 1.57. The molecule has 1 amide bonds. The summed E-state index contributed by atoms with van der Waals surface area (Å²) in [4.78, 5) is 33.2. The lowest BCUT2D eigenvalue weighted by molar-refractivity contribution is -0.146. The second kappa shape index (κ2) is 14.4. The summed E-state index contributed by atoms with van der Waals surface area (Å²) in [5, 5.41) is 8.78. The molecule has 0 bridgehead atoms. The zero-order valence-electron chi connectivity index (χ0n) is 26.0. The molecule has 11 heteroatoms. The van der Waals surface area contributed by atoms with Gasteiger partial charge < -0.3 is 24.4 Å². The first-order valence-electron chi connectivity index (χ1n) is 15.9. The molecule has 1 atom stereocenters. The van der Waals surface area contributed by atoms with Crippen LogP contribution < -0.4 is 14.8 Å². The van der Waals surface area contributed by atoms with Crippen LogP contribution in [0.15, 0.2) is 65.0 Å². The standard InChI is InChI=1S/C34H41N5O5S/c1-23-30(32(41)44-26-14-8-4-9-15-26)31(39-33(35-23)36-34(37-39)45-22-24-12-6-3-7-13-24)25-16-17-27(28(20-25)42-2)43-21-29(40)38-18-10-5-11-19-38/h3,6-7,12-13,16-17,20,26,31H,4-5,8-11,14-15,18-19,21-22H2,1-2H3,(H,35,36,37). The van der Waals surface area contributed by atoms with E-state index < -0.39 is 6.04 Å². The van der Waals surface area contributed by atoms with E-state index in [4.69, 9.17) is 24.3 Å². The Balaban J connectivity index is 1.28. The second-order valence-corrected chi connectivity index (χ2v) is 12.8. The maximum absolute atomic E-state index is 13.9. The summed E-state index contributed by atoms with van der Waals surface area (Å²) in [5.74, 6) is 1.81. The fraction of sp³-hybridized carbons (Fsp3) is 0.471. The van der Waals surface area contributed by atoms with E-state index in [-0.39, 0.29) is 24.6 Å². The number of hydrogen-bond acceptors (Lipinski definition) is 9. The van der Waals surface area contributed by atoms with Gasteiger partial charge in [0.05, 0.1) is 12.7 Å². The lowest BCUT2D eigenvalue weighted by atomic mass is 9.94. The van der Waals surface area contributed by atoms with Crippen LogP contribution in [0.25, 0.3) is 0 Å². The molecule has 0 spiro atoms. The maximum Gasteiger partial charge on any atom is 0.338 e. The van der Waals surface area contributed by atoms with Gasteiger partial charge in [-0.15, -0.1) is 5.10 Å². The Hall–Kier alpha value is -3.99. The van der Waals surface area contributed by atoms with E-state index >= 15 is 0 Å². The third kappa shape index (κ3) is 7.30. The first-order chi connectivity index (χ1) is 22.0. The quantitative estimate of drug-likeness (QED) is 0.209. The summed E-state index contributed by atoms with van der Waals surface area (Å²) in [6.07, 6.45) is 8.15. The molecule has 0 radical (unpaired) electrons. The number of likely N-dealkylation sites (tertiary alicyclic amines) is 1. The monoisotopic (exact) mass is 631 g/mol. The van der Waals surface area contributed by atoms with Gasteiger partial charge in [-0.05, 0) is 75.1 Å². The molecule has 3 heterocycles. The number of methoxy groups -OCH3 is 1. The van der Waals surface area contributed by atoms with E-state index in [1.807, 2.05) is 42.2 Å². The lowest BCUT2D eigenvalue weighted by Crippen LogP contribution is -2.38. The largest absolute Gasteiger partial charge is 0.493 e. The molecule has 1 N–H and O–H groups in total. The highest BCUT2D eigenvalue weighted by molar-refractivity contribution is 7.98. The Morgan fingerprint density at radius 2 is 1.73 bits per heavy atom. The molecular formula is C34H41N5O5S. The molecule has 2 aliphatic heterocycles. The normalized spacial score (nSPS) is 18.6. The average molecular weight is 632 g/mol. The van der Waals surface area contributed by atoms with Crippen molar-refractivity contribution in [3.8, 4) is 11.5 Å². The maximum atomic E-state index is 13.9. The van der Waals surface area contributed by atoms with Crippen molar-refractivity contribution >= 4 is 29.6 Å². The fourth-order valence-electron chi connectivity index (χ4n) is 6.23. The van der Waals surface area contributed by atoms with Crippen LogP contribution in [-0.2, 0) is 20.1 Å². The summed E-state index contributed by atoms with van der Waals surface area (Å²) in [6.45, 7) is 3.35. The third-order valence-electron chi connectivity index (χ3n) is 8.65. The predicted molar refractivity (Wildman–Crippen MR) is 172 cm³/mol. The number of piperidine rings is 1. The fourth-order valence-corrected chi connectivity index (χ4v) is 7.02. The average Bonchev–Trinajstić information content (AvgIpc) is 3.49. The van der Waals surface area contributed by atoms with Gasteiger partial charge in [0.2, 0.25) is 11.1 Å². The number of hydrogen-bond donors (Lipinski definition) is 1. The van der Waals surface area contributed by atoms with Crippen molar-refractivity contribution in [1.29, 1.82) is 0 Å². The SMILES string of the molecule is COc1cc(C2C(C(=O)OC3CCCCC3)=C(C)Nc3nc(SCc4ccccc4)nn32)ccc1OCC(=O)N1CCCCC1. The van der Waals surface area contributed by atoms with Crippen molar-refractivity contribution in [2.45, 2.75) is 81.3 Å². The van der Waals surface area contributed by atoms with Gasteiger partial charge in [0, 0.05) is 24.5 Å². The Morgan fingerprint density at radius 3 is 2.49 bits per heavy atom. The number of benzene rings is 2. The van der Waals surface area contributed by atoms with Crippen LogP contribution in [0.4, 0.5) is 5.95 Å². The van der Waals surface area contributed by atoms with E-state index in [1.54, 1.807) is 17.9 Å². The number of anilines is 1. The zero-order valence-corrected chi connectivity index (χ0v) is 26.8. The first-order valence-corrected chi connectivity index (χ1v) is 16.9. The Morgan fingerprint density at radius 1 is 0.978 bits per heavy atom. The number of amides is 1. The minimum atomic E-state index is -0.603. The topological polar surface area (TPSA) is 108 Å². The van der Waals surface area contributed by atoms with Crippen LogP contribution in [0.3, 0.4) is 0 Å². The highest BCUT2D eigenvalue weighted by Gasteiger charge is 2.37. The van der Waals surface area contributed by atoms with E-state index in [0.29, 0.717) is 39.6 Å². The summed E-state index contributed by atoms with van der Waals surface area (Å²) in [5.41, 5.74) is 3.09. The molecule has 2 fully saturated rings. The number of fused-ring (bicyclic) bond motifs is 1. The molecule has 1 unspecified atom stereocenters. The highest BCUT2D eigenvalue weighted by atomic mass is 32.2.